The van der Waals surface area contributed by atoms with E-state index < -0.39 is 0 Å². The number of halogens is 1. The van der Waals surface area contributed by atoms with Gasteiger partial charge in [0.05, 0.1) is 0 Å². The van der Waals surface area contributed by atoms with Crippen LogP contribution in [0.4, 0.5) is 5.69 Å². The third-order valence-corrected chi connectivity index (χ3v) is 3.41. The molecule has 0 aliphatic rings. The Balaban J connectivity index is 1.93. The molecule has 0 radical (unpaired) electrons. The average molecular weight is 367 g/mol. The van der Waals surface area contributed by atoms with Crippen LogP contribution in [-0.2, 0) is 4.79 Å². The number of likely N-dealkylation sites (N-methyl/N-ethyl adjacent to an activating group) is 1. The van der Waals surface area contributed by atoms with Crippen molar-refractivity contribution in [1.82, 2.24) is 0 Å². The predicted molar refractivity (Wildman–Crippen MR) is 84.5 cm³/mol. The zero-order valence-corrected chi connectivity index (χ0v) is 12.7. The van der Waals surface area contributed by atoms with Crippen LogP contribution in [-0.4, -0.2) is 19.6 Å². The minimum Gasteiger partial charge on any atom is -0.484 e. The zero-order valence-electron chi connectivity index (χ0n) is 10.5. The van der Waals surface area contributed by atoms with Gasteiger partial charge < -0.3 is 9.64 Å². The highest BCUT2D eigenvalue weighted by Gasteiger charge is 2.11. The summed E-state index contributed by atoms with van der Waals surface area (Å²) < 4.78 is 6.61. The average Bonchev–Trinajstić information content (AvgIpc) is 2.46. The molecule has 2 aromatic carbocycles. The Labute approximate surface area is 126 Å². The molecule has 0 saturated heterocycles. The van der Waals surface area contributed by atoms with Gasteiger partial charge in [-0.2, -0.15) is 0 Å². The van der Waals surface area contributed by atoms with Gasteiger partial charge in [0.25, 0.3) is 5.91 Å². The summed E-state index contributed by atoms with van der Waals surface area (Å²) in [4.78, 5) is 13.6. The van der Waals surface area contributed by atoms with Crippen molar-refractivity contribution in [2.24, 2.45) is 0 Å². The van der Waals surface area contributed by atoms with Crippen LogP contribution in [0.1, 0.15) is 0 Å². The summed E-state index contributed by atoms with van der Waals surface area (Å²) in [6.45, 7) is 0.0337. The third kappa shape index (κ3) is 3.96. The Morgan fingerprint density at radius 2 is 1.74 bits per heavy atom. The normalized spacial score (nSPS) is 10.0. The molecule has 0 aliphatic carbocycles. The van der Waals surface area contributed by atoms with Crippen LogP contribution in [0.15, 0.2) is 54.6 Å². The van der Waals surface area contributed by atoms with Crippen LogP contribution in [0.3, 0.4) is 0 Å². The number of rotatable bonds is 4. The van der Waals surface area contributed by atoms with Crippen LogP contribution in [0, 0.1) is 3.57 Å². The van der Waals surface area contributed by atoms with Crippen molar-refractivity contribution in [3.05, 3.63) is 58.2 Å². The van der Waals surface area contributed by atoms with Gasteiger partial charge in [0.15, 0.2) is 6.61 Å². The van der Waals surface area contributed by atoms with Gasteiger partial charge in [0.2, 0.25) is 0 Å². The summed E-state index contributed by atoms with van der Waals surface area (Å²) in [5, 5.41) is 0. The SMILES string of the molecule is CN(C(=O)COc1ccc(I)cc1)c1ccccc1. The van der Waals surface area contributed by atoms with E-state index in [4.69, 9.17) is 4.74 Å². The number of carbonyl (C=O) groups is 1. The molecule has 0 N–H and O–H groups in total. The van der Waals surface area contributed by atoms with Crippen molar-refractivity contribution in [2.45, 2.75) is 0 Å². The molecule has 2 aromatic rings. The third-order valence-electron chi connectivity index (χ3n) is 2.69. The molecule has 0 unspecified atom stereocenters. The maximum atomic E-state index is 12.0. The molecular weight excluding hydrogens is 353 g/mol. The predicted octanol–water partition coefficient (Wildman–Crippen LogP) is 3.33. The van der Waals surface area contributed by atoms with Crippen molar-refractivity contribution in [3.8, 4) is 5.75 Å². The molecule has 0 spiro atoms. The fraction of sp³-hybridized carbons (Fsp3) is 0.133. The maximum absolute atomic E-state index is 12.0. The fourth-order valence-electron chi connectivity index (χ4n) is 1.57. The Morgan fingerprint density at radius 1 is 1.11 bits per heavy atom. The first-order valence-corrected chi connectivity index (χ1v) is 6.94. The van der Waals surface area contributed by atoms with Crippen molar-refractivity contribution >= 4 is 34.2 Å². The largest absolute Gasteiger partial charge is 0.484 e. The molecule has 3 nitrogen and oxygen atoms in total. The van der Waals surface area contributed by atoms with Gasteiger partial charge in [0.1, 0.15) is 5.75 Å². The lowest BCUT2D eigenvalue weighted by Crippen LogP contribution is -2.31. The molecule has 0 aliphatic heterocycles. The van der Waals surface area contributed by atoms with E-state index in [2.05, 4.69) is 22.6 Å². The minimum absolute atomic E-state index is 0.0337. The van der Waals surface area contributed by atoms with Gasteiger partial charge in [-0.1, -0.05) is 18.2 Å². The molecule has 19 heavy (non-hydrogen) atoms. The van der Waals surface area contributed by atoms with Gasteiger partial charge in [-0.25, -0.2) is 0 Å². The number of ether oxygens (including phenoxy) is 1. The van der Waals surface area contributed by atoms with E-state index in [9.17, 15) is 4.79 Å². The van der Waals surface area contributed by atoms with E-state index in [-0.39, 0.29) is 12.5 Å². The van der Waals surface area contributed by atoms with Crippen molar-refractivity contribution in [3.63, 3.8) is 0 Å². The Morgan fingerprint density at radius 3 is 2.37 bits per heavy atom. The van der Waals surface area contributed by atoms with E-state index in [1.165, 1.54) is 0 Å². The lowest BCUT2D eigenvalue weighted by molar-refractivity contribution is -0.120. The first kappa shape index (κ1) is 13.9. The van der Waals surface area contributed by atoms with Crippen LogP contribution in [0.2, 0.25) is 0 Å². The topological polar surface area (TPSA) is 29.5 Å². The first-order valence-electron chi connectivity index (χ1n) is 5.87. The van der Waals surface area contributed by atoms with E-state index >= 15 is 0 Å². The number of hydrogen-bond donors (Lipinski definition) is 0. The molecule has 1 amide bonds. The summed E-state index contributed by atoms with van der Waals surface area (Å²) in [6.07, 6.45) is 0. The molecule has 4 heteroatoms. The molecule has 2 rings (SSSR count). The highest BCUT2D eigenvalue weighted by atomic mass is 127. The minimum atomic E-state index is -0.0789. The molecular formula is C15H14INO2. The molecule has 0 atom stereocenters. The monoisotopic (exact) mass is 367 g/mol. The number of anilines is 1. The number of amides is 1. The second-order valence-electron chi connectivity index (χ2n) is 4.03. The standard InChI is InChI=1S/C15H14INO2/c1-17(13-5-3-2-4-6-13)15(18)11-19-14-9-7-12(16)8-10-14/h2-10H,11H2,1H3. The smallest absolute Gasteiger partial charge is 0.264 e. The van der Waals surface area contributed by atoms with Gasteiger partial charge in [0, 0.05) is 16.3 Å². The van der Waals surface area contributed by atoms with E-state index in [1.54, 1.807) is 11.9 Å². The fourth-order valence-corrected chi connectivity index (χ4v) is 1.93. The van der Waals surface area contributed by atoms with Crippen LogP contribution in [0.25, 0.3) is 0 Å². The summed E-state index contributed by atoms with van der Waals surface area (Å²) in [5.74, 6) is 0.625. The molecule has 98 valence electrons. The Hall–Kier alpha value is -1.56. The van der Waals surface area contributed by atoms with Gasteiger partial charge in [-0.3, -0.25) is 4.79 Å². The number of para-hydroxylation sites is 1. The summed E-state index contributed by atoms with van der Waals surface area (Å²) >= 11 is 2.23. The number of nitrogens with zero attached hydrogens (tertiary/aromatic N) is 1. The highest BCUT2D eigenvalue weighted by Crippen LogP contribution is 2.15. The maximum Gasteiger partial charge on any atom is 0.264 e. The van der Waals surface area contributed by atoms with Gasteiger partial charge in [-0.05, 0) is 59.0 Å². The molecule has 0 saturated carbocycles. The zero-order chi connectivity index (χ0) is 13.7. The second kappa shape index (κ2) is 6.56. The summed E-state index contributed by atoms with van der Waals surface area (Å²) in [6, 6.07) is 17.1. The van der Waals surface area contributed by atoms with E-state index in [0.717, 1.165) is 9.26 Å². The number of hydrogen-bond acceptors (Lipinski definition) is 2. The van der Waals surface area contributed by atoms with Gasteiger partial charge >= 0.3 is 0 Å². The number of benzene rings is 2. The molecule has 0 aromatic heterocycles. The molecule has 0 fully saturated rings. The lowest BCUT2D eigenvalue weighted by atomic mass is 10.3. The van der Waals surface area contributed by atoms with Crippen molar-refractivity contribution in [1.29, 1.82) is 0 Å². The second-order valence-corrected chi connectivity index (χ2v) is 5.28. The first-order chi connectivity index (χ1) is 9.16. The lowest BCUT2D eigenvalue weighted by Gasteiger charge is -2.17. The molecule has 0 bridgehead atoms. The molecule has 0 heterocycles. The van der Waals surface area contributed by atoms with Crippen molar-refractivity contribution in [2.75, 3.05) is 18.6 Å². The van der Waals surface area contributed by atoms with Crippen LogP contribution in [0.5, 0.6) is 5.75 Å². The number of carbonyl (C=O) groups excluding carboxylic acids is 1. The van der Waals surface area contributed by atoms with Crippen molar-refractivity contribution < 1.29 is 9.53 Å². The summed E-state index contributed by atoms with van der Waals surface area (Å²) in [7, 11) is 1.74. The van der Waals surface area contributed by atoms with E-state index in [0.29, 0.717) is 5.75 Å². The van der Waals surface area contributed by atoms with Crippen LogP contribution >= 0.6 is 22.6 Å². The highest BCUT2D eigenvalue weighted by molar-refractivity contribution is 14.1. The van der Waals surface area contributed by atoms with Gasteiger partial charge in [-0.15, -0.1) is 0 Å². The Bertz CT molecular complexity index is 540. The van der Waals surface area contributed by atoms with Crippen LogP contribution < -0.4 is 9.64 Å². The Kier molecular flexibility index (Phi) is 4.79. The summed E-state index contributed by atoms with van der Waals surface area (Å²) in [5.41, 5.74) is 0.860. The van der Waals surface area contributed by atoms with E-state index in [1.807, 2.05) is 54.6 Å². The quantitative estimate of drug-likeness (QED) is 0.776.